The average Bonchev–Trinajstić information content (AvgIpc) is 2.17. The molecule has 0 aliphatic heterocycles. The molecule has 0 heterocycles. The molecule has 6 heteroatoms. The smallest absolute Gasteiger partial charge is 0.147 e. The van der Waals surface area contributed by atoms with Gasteiger partial charge in [0, 0.05) is 16.8 Å². The molecule has 3 nitrogen and oxygen atoms in total. The van der Waals surface area contributed by atoms with Gasteiger partial charge in [0.05, 0.1) is 5.75 Å². The summed E-state index contributed by atoms with van der Waals surface area (Å²) in [6, 6.07) is 3.71. The highest BCUT2D eigenvalue weighted by molar-refractivity contribution is 9.10. The highest BCUT2D eigenvalue weighted by Gasteiger charge is 2.13. The monoisotopic (exact) mass is 309 g/mol. The van der Waals surface area contributed by atoms with Gasteiger partial charge in [-0.05, 0) is 30.2 Å². The van der Waals surface area contributed by atoms with Gasteiger partial charge in [0.1, 0.15) is 15.7 Å². The third-order valence-electron chi connectivity index (χ3n) is 2.16. The summed E-state index contributed by atoms with van der Waals surface area (Å²) >= 11 is 3.26. The van der Waals surface area contributed by atoms with Gasteiger partial charge in [0.2, 0.25) is 0 Å². The summed E-state index contributed by atoms with van der Waals surface area (Å²) in [5, 5.41) is 0. The molecule has 0 amide bonds. The molecule has 0 saturated carbocycles. The highest BCUT2D eigenvalue weighted by Crippen LogP contribution is 2.25. The molecule has 0 fully saturated rings. The Labute approximate surface area is 103 Å². The van der Waals surface area contributed by atoms with Gasteiger partial charge in [-0.15, -0.1) is 0 Å². The summed E-state index contributed by atoms with van der Waals surface area (Å²) in [4.78, 5) is 0. The first-order valence-electron chi connectivity index (χ1n) is 4.68. The SMILES string of the molecule is CS(=O)(=O)CCC(N)c1cc(F)ccc1Br. The molecule has 16 heavy (non-hydrogen) atoms. The fourth-order valence-corrected chi connectivity index (χ4v) is 2.52. The molecule has 1 atom stereocenters. The molecule has 1 aromatic carbocycles. The fourth-order valence-electron chi connectivity index (χ4n) is 1.30. The molecule has 2 N–H and O–H groups in total. The van der Waals surface area contributed by atoms with Crippen LogP contribution in [0.15, 0.2) is 22.7 Å². The molecular formula is C10H13BrFNO2S. The van der Waals surface area contributed by atoms with E-state index in [-0.39, 0.29) is 18.0 Å². The van der Waals surface area contributed by atoms with Crippen molar-refractivity contribution in [3.63, 3.8) is 0 Å². The third kappa shape index (κ3) is 4.19. The maximum absolute atomic E-state index is 13.0. The Morgan fingerprint density at radius 1 is 1.50 bits per heavy atom. The van der Waals surface area contributed by atoms with Crippen LogP contribution < -0.4 is 5.73 Å². The van der Waals surface area contributed by atoms with Crippen molar-refractivity contribution in [1.29, 1.82) is 0 Å². The quantitative estimate of drug-likeness (QED) is 0.925. The number of nitrogens with two attached hydrogens (primary N) is 1. The minimum absolute atomic E-state index is 0.00286. The van der Waals surface area contributed by atoms with Gasteiger partial charge in [-0.2, -0.15) is 0 Å². The molecule has 1 aromatic rings. The number of sulfone groups is 1. The van der Waals surface area contributed by atoms with Crippen molar-refractivity contribution in [3.05, 3.63) is 34.1 Å². The van der Waals surface area contributed by atoms with Gasteiger partial charge in [0.15, 0.2) is 0 Å². The number of hydrogen-bond donors (Lipinski definition) is 1. The van der Waals surface area contributed by atoms with Gasteiger partial charge in [-0.25, -0.2) is 12.8 Å². The Balaban J connectivity index is 2.80. The van der Waals surface area contributed by atoms with Crippen molar-refractivity contribution in [3.8, 4) is 0 Å². The highest BCUT2D eigenvalue weighted by atomic mass is 79.9. The van der Waals surface area contributed by atoms with Gasteiger partial charge in [0.25, 0.3) is 0 Å². The fraction of sp³-hybridized carbons (Fsp3) is 0.400. The second-order valence-corrected chi connectivity index (χ2v) is 6.80. The third-order valence-corrected chi connectivity index (χ3v) is 3.86. The Kier molecular flexibility index (Phi) is 4.46. The molecule has 0 aliphatic rings. The van der Waals surface area contributed by atoms with Gasteiger partial charge >= 0.3 is 0 Å². The van der Waals surface area contributed by atoms with Crippen LogP contribution in [0.4, 0.5) is 4.39 Å². The molecule has 0 radical (unpaired) electrons. The lowest BCUT2D eigenvalue weighted by Crippen LogP contribution is -2.16. The molecule has 0 aliphatic carbocycles. The first-order valence-corrected chi connectivity index (χ1v) is 7.53. The van der Waals surface area contributed by atoms with E-state index in [9.17, 15) is 12.8 Å². The van der Waals surface area contributed by atoms with Crippen molar-refractivity contribution < 1.29 is 12.8 Å². The van der Waals surface area contributed by atoms with Crippen molar-refractivity contribution in [1.82, 2.24) is 0 Å². The minimum atomic E-state index is -3.04. The van der Waals surface area contributed by atoms with Crippen molar-refractivity contribution >= 4 is 25.8 Å². The topological polar surface area (TPSA) is 60.2 Å². The van der Waals surface area contributed by atoms with E-state index in [2.05, 4.69) is 15.9 Å². The Bertz CT molecular complexity index is 476. The van der Waals surface area contributed by atoms with Crippen LogP contribution in [0.25, 0.3) is 0 Å². The van der Waals surface area contributed by atoms with Crippen molar-refractivity contribution in [2.75, 3.05) is 12.0 Å². The maximum atomic E-state index is 13.0. The second kappa shape index (κ2) is 5.25. The molecule has 0 bridgehead atoms. The Morgan fingerprint density at radius 2 is 2.12 bits per heavy atom. The summed E-state index contributed by atoms with van der Waals surface area (Å²) in [7, 11) is -3.04. The molecule has 1 unspecified atom stereocenters. The average molecular weight is 310 g/mol. The van der Waals surface area contributed by atoms with Crippen LogP contribution in [0.3, 0.4) is 0 Å². The summed E-state index contributed by atoms with van der Waals surface area (Å²) in [5.74, 6) is -0.384. The van der Waals surface area contributed by atoms with Crippen LogP contribution in [-0.2, 0) is 9.84 Å². The number of benzene rings is 1. The summed E-state index contributed by atoms with van der Waals surface area (Å²) in [6.07, 6.45) is 1.43. The summed E-state index contributed by atoms with van der Waals surface area (Å²) in [6.45, 7) is 0. The predicted molar refractivity (Wildman–Crippen MR) is 65.4 cm³/mol. The lowest BCUT2D eigenvalue weighted by Gasteiger charge is -2.13. The van der Waals surface area contributed by atoms with E-state index in [0.717, 1.165) is 6.26 Å². The summed E-state index contributed by atoms with van der Waals surface area (Å²) < 4.78 is 35.6. The molecule has 0 saturated heterocycles. The van der Waals surface area contributed by atoms with Crippen molar-refractivity contribution in [2.24, 2.45) is 5.73 Å². The maximum Gasteiger partial charge on any atom is 0.147 e. The zero-order valence-electron chi connectivity index (χ0n) is 8.78. The minimum Gasteiger partial charge on any atom is -0.324 e. The van der Waals surface area contributed by atoms with E-state index in [1.165, 1.54) is 12.1 Å². The number of halogens is 2. The molecular weight excluding hydrogens is 297 g/mol. The molecule has 90 valence electrons. The van der Waals surface area contributed by atoms with Crippen LogP contribution in [0.1, 0.15) is 18.0 Å². The van der Waals surface area contributed by atoms with Crippen LogP contribution in [0, 0.1) is 5.82 Å². The van der Waals surface area contributed by atoms with Crippen LogP contribution >= 0.6 is 15.9 Å². The van der Waals surface area contributed by atoms with E-state index in [1.54, 1.807) is 6.07 Å². The lowest BCUT2D eigenvalue weighted by molar-refractivity contribution is 0.589. The second-order valence-electron chi connectivity index (χ2n) is 3.69. The van der Waals surface area contributed by atoms with Crippen LogP contribution in [0.2, 0.25) is 0 Å². The lowest BCUT2D eigenvalue weighted by atomic mass is 10.1. The predicted octanol–water partition coefficient (Wildman–Crippen LogP) is 2.02. The molecule has 0 spiro atoms. The van der Waals surface area contributed by atoms with E-state index in [1.807, 2.05) is 0 Å². The number of rotatable bonds is 4. The largest absolute Gasteiger partial charge is 0.324 e. The zero-order valence-corrected chi connectivity index (χ0v) is 11.2. The van der Waals surface area contributed by atoms with Crippen molar-refractivity contribution in [2.45, 2.75) is 12.5 Å². The first-order chi connectivity index (χ1) is 7.29. The Hall–Kier alpha value is -0.460. The standard InChI is InChI=1S/C10H13BrFNO2S/c1-16(14,15)5-4-10(13)8-6-7(12)2-3-9(8)11/h2-3,6,10H,4-5,13H2,1H3. The molecule has 0 aromatic heterocycles. The van der Waals surface area contributed by atoms with Gasteiger partial charge < -0.3 is 5.73 Å². The van der Waals surface area contributed by atoms with Crippen LogP contribution in [-0.4, -0.2) is 20.4 Å². The van der Waals surface area contributed by atoms with E-state index in [4.69, 9.17) is 5.73 Å². The van der Waals surface area contributed by atoms with Gasteiger partial charge in [-0.3, -0.25) is 0 Å². The normalized spacial score (nSPS) is 13.8. The zero-order chi connectivity index (χ0) is 12.3. The van der Waals surface area contributed by atoms with E-state index >= 15 is 0 Å². The Morgan fingerprint density at radius 3 is 2.69 bits per heavy atom. The summed E-state index contributed by atoms with van der Waals surface area (Å²) in [5.41, 5.74) is 6.40. The number of hydrogen-bond acceptors (Lipinski definition) is 3. The van der Waals surface area contributed by atoms with Gasteiger partial charge in [-0.1, -0.05) is 15.9 Å². The van der Waals surface area contributed by atoms with Crippen LogP contribution in [0.5, 0.6) is 0 Å². The van der Waals surface area contributed by atoms with E-state index in [0.29, 0.717) is 10.0 Å². The molecule has 1 rings (SSSR count). The van der Waals surface area contributed by atoms with E-state index < -0.39 is 15.9 Å². The first kappa shape index (κ1) is 13.6.